The summed E-state index contributed by atoms with van der Waals surface area (Å²) in [6.45, 7) is 4.17. The van der Waals surface area contributed by atoms with Crippen molar-refractivity contribution in [3.05, 3.63) is 82.0 Å². The molecule has 5 nitrogen and oxygen atoms in total. The highest BCUT2D eigenvalue weighted by Gasteiger charge is 2.31. The van der Waals surface area contributed by atoms with Crippen molar-refractivity contribution < 1.29 is 14.3 Å². The first kappa shape index (κ1) is 21.1. The molecular weight excluding hydrogens is 408 g/mol. The van der Waals surface area contributed by atoms with Crippen LogP contribution in [-0.4, -0.2) is 24.5 Å². The normalized spacial score (nSPS) is 16.4. The summed E-state index contributed by atoms with van der Waals surface area (Å²) >= 11 is 1.62. The smallest absolute Gasteiger partial charge is 0.267 e. The van der Waals surface area contributed by atoms with Crippen molar-refractivity contribution in [2.45, 2.75) is 38.8 Å². The largest absolute Gasteiger partial charge is 0.479 e. The zero-order valence-electron chi connectivity index (χ0n) is 17.7. The highest BCUT2D eigenvalue weighted by atomic mass is 32.1. The highest BCUT2D eigenvalue weighted by molar-refractivity contribution is 7.10. The van der Waals surface area contributed by atoms with Crippen molar-refractivity contribution in [3.63, 3.8) is 0 Å². The molecule has 2 aromatic carbocycles. The van der Waals surface area contributed by atoms with Gasteiger partial charge in [-0.3, -0.25) is 9.59 Å². The van der Waals surface area contributed by atoms with Gasteiger partial charge in [-0.2, -0.15) is 0 Å². The molecule has 31 heavy (non-hydrogen) atoms. The number of ether oxygens (including phenoxy) is 1. The van der Waals surface area contributed by atoms with Gasteiger partial charge < -0.3 is 15.0 Å². The van der Waals surface area contributed by atoms with Crippen molar-refractivity contribution in [3.8, 4) is 5.75 Å². The summed E-state index contributed by atoms with van der Waals surface area (Å²) in [6, 6.07) is 19.6. The van der Waals surface area contributed by atoms with Crippen LogP contribution in [0.2, 0.25) is 0 Å². The van der Waals surface area contributed by atoms with Crippen LogP contribution in [0, 0.1) is 0 Å². The van der Waals surface area contributed by atoms with Crippen LogP contribution in [0.25, 0.3) is 0 Å². The Kier molecular flexibility index (Phi) is 6.37. The molecule has 2 unspecified atom stereocenters. The maximum Gasteiger partial charge on any atom is 0.267 e. The van der Waals surface area contributed by atoms with Crippen molar-refractivity contribution >= 4 is 28.8 Å². The summed E-state index contributed by atoms with van der Waals surface area (Å²) in [5.41, 5.74) is 3.02. The minimum absolute atomic E-state index is 0.0950. The number of hydrogen-bond donors (Lipinski definition) is 1. The van der Waals surface area contributed by atoms with Gasteiger partial charge in [-0.05, 0) is 48.1 Å². The van der Waals surface area contributed by atoms with Crippen molar-refractivity contribution in [1.29, 1.82) is 0 Å². The van der Waals surface area contributed by atoms with E-state index in [4.69, 9.17) is 4.74 Å². The van der Waals surface area contributed by atoms with Gasteiger partial charge in [-0.15, -0.1) is 11.3 Å². The Morgan fingerprint density at radius 2 is 1.90 bits per heavy atom. The maximum atomic E-state index is 12.9. The van der Waals surface area contributed by atoms with Crippen molar-refractivity contribution in [2.24, 2.45) is 0 Å². The molecule has 6 heteroatoms. The zero-order chi connectivity index (χ0) is 21.8. The predicted molar refractivity (Wildman–Crippen MR) is 124 cm³/mol. The molecule has 1 aliphatic heterocycles. The number of hydrogen-bond acceptors (Lipinski definition) is 4. The Bertz CT molecular complexity index is 1050. The number of para-hydroxylation sites is 2. The number of thiophene rings is 1. The highest BCUT2D eigenvalue weighted by Crippen LogP contribution is 2.33. The fourth-order valence-corrected chi connectivity index (χ4v) is 4.56. The standard InChI is InChI=1S/C25H26N2O3S/c1-3-18-10-12-19(13-11-18)24(22-9-6-16-31-22)26-23(28)14-15-27-20-7-4-5-8-21(20)30-17(2)25(27)29/h4-13,16-17,24H,3,14-15H2,1-2H3,(H,26,28). The second-order valence-electron chi connectivity index (χ2n) is 7.58. The number of nitrogens with one attached hydrogen (secondary N) is 1. The summed E-state index contributed by atoms with van der Waals surface area (Å²) in [6.07, 6.45) is 0.625. The minimum Gasteiger partial charge on any atom is -0.479 e. The number of benzene rings is 2. The van der Waals surface area contributed by atoms with Crippen molar-refractivity contribution in [2.75, 3.05) is 11.4 Å². The Balaban J connectivity index is 1.48. The molecule has 0 saturated heterocycles. The maximum absolute atomic E-state index is 12.9. The summed E-state index contributed by atoms with van der Waals surface area (Å²) in [4.78, 5) is 28.3. The first-order valence-corrected chi connectivity index (χ1v) is 11.4. The Labute approximate surface area is 186 Å². The SMILES string of the molecule is CCc1ccc(C(NC(=O)CCN2C(=O)C(C)Oc3ccccc32)c2cccs2)cc1. The lowest BCUT2D eigenvalue weighted by Gasteiger charge is -2.33. The summed E-state index contributed by atoms with van der Waals surface area (Å²) in [5.74, 6) is 0.446. The topological polar surface area (TPSA) is 58.6 Å². The van der Waals surface area contributed by atoms with Gasteiger partial charge in [0.2, 0.25) is 5.91 Å². The molecule has 0 aliphatic carbocycles. The molecule has 1 aliphatic rings. The number of nitrogens with zero attached hydrogens (tertiary/aromatic N) is 1. The third-order valence-electron chi connectivity index (χ3n) is 5.49. The van der Waals surface area contributed by atoms with E-state index < -0.39 is 6.10 Å². The number of rotatable bonds is 7. The van der Waals surface area contributed by atoms with E-state index in [1.54, 1.807) is 23.2 Å². The van der Waals surface area contributed by atoms with Crippen LogP contribution in [0.1, 0.15) is 42.3 Å². The van der Waals surface area contributed by atoms with E-state index in [0.717, 1.165) is 16.9 Å². The fraction of sp³-hybridized carbons (Fsp3) is 0.280. The van der Waals surface area contributed by atoms with Gasteiger partial charge in [-0.25, -0.2) is 0 Å². The third kappa shape index (κ3) is 4.64. The van der Waals surface area contributed by atoms with Crippen LogP contribution in [0.15, 0.2) is 66.0 Å². The van der Waals surface area contributed by atoms with Gasteiger partial charge in [0.05, 0.1) is 11.7 Å². The van der Waals surface area contributed by atoms with Crippen molar-refractivity contribution in [1.82, 2.24) is 5.32 Å². The number of carbonyl (C=O) groups is 2. The van der Waals surface area contributed by atoms with Crippen LogP contribution >= 0.6 is 11.3 Å². The lowest BCUT2D eigenvalue weighted by atomic mass is 10.0. The van der Waals surface area contributed by atoms with E-state index in [1.807, 2.05) is 41.8 Å². The van der Waals surface area contributed by atoms with Crippen LogP contribution < -0.4 is 15.0 Å². The molecule has 1 aromatic heterocycles. The van der Waals surface area contributed by atoms with Gasteiger partial charge >= 0.3 is 0 Å². The monoisotopic (exact) mass is 434 g/mol. The number of carbonyl (C=O) groups excluding carboxylic acids is 2. The first-order chi connectivity index (χ1) is 15.1. The summed E-state index contributed by atoms with van der Waals surface area (Å²) < 4.78 is 5.68. The van der Waals surface area contributed by atoms with Crippen LogP contribution in [-0.2, 0) is 16.0 Å². The molecule has 160 valence electrons. The van der Waals surface area contributed by atoms with E-state index in [0.29, 0.717) is 18.0 Å². The lowest BCUT2D eigenvalue weighted by molar-refractivity contribution is -0.125. The molecule has 0 spiro atoms. The molecule has 3 aromatic rings. The Morgan fingerprint density at radius 3 is 2.61 bits per heavy atom. The molecule has 0 saturated carbocycles. The average molecular weight is 435 g/mol. The molecule has 2 amide bonds. The Morgan fingerprint density at radius 1 is 1.13 bits per heavy atom. The molecule has 2 atom stereocenters. The first-order valence-electron chi connectivity index (χ1n) is 10.6. The third-order valence-corrected chi connectivity index (χ3v) is 6.43. The zero-order valence-corrected chi connectivity index (χ0v) is 18.5. The van der Waals surface area contributed by atoms with E-state index in [1.165, 1.54) is 5.56 Å². The van der Waals surface area contributed by atoms with Crippen LogP contribution in [0.3, 0.4) is 0 Å². The van der Waals surface area contributed by atoms with Crippen LogP contribution in [0.4, 0.5) is 5.69 Å². The minimum atomic E-state index is -0.561. The Hall–Kier alpha value is -3.12. The molecule has 2 heterocycles. The van der Waals surface area contributed by atoms with Crippen LogP contribution in [0.5, 0.6) is 5.75 Å². The molecule has 4 rings (SSSR count). The summed E-state index contributed by atoms with van der Waals surface area (Å²) in [7, 11) is 0. The quantitative estimate of drug-likeness (QED) is 0.585. The molecule has 0 fully saturated rings. The summed E-state index contributed by atoms with van der Waals surface area (Å²) in [5, 5.41) is 5.18. The molecular formula is C25H26N2O3S. The number of fused-ring (bicyclic) bond motifs is 1. The van der Waals surface area contributed by atoms with Gasteiger partial charge in [-0.1, -0.05) is 49.4 Å². The second kappa shape index (κ2) is 9.35. The number of aryl methyl sites for hydroxylation is 1. The van der Waals surface area contributed by atoms with Gasteiger partial charge in [0.1, 0.15) is 5.75 Å². The molecule has 0 radical (unpaired) electrons. The van der Waals surface area contributed by atoms with E-state index in [-0.39, 0.29) is 24.3 Å². The molecule has 1 N–H and O–H groups in total. The second-order valence-corrected chi connectivity index (χ2v) is 8.56. The van der Waals surface area contributed by atoms with E-state index in [9.17, 15) is 9.59 Å². The fourth-order valence-electron chi connectivity index (χ4n) is 3.76. The average Bonchev–Trinajstić information content (AvgIpc) is 3.32. The van der Waals surface area contributed by atoms with Gasteiger partial charge in [0, 0.05) is 17.8 Å². The van der Waals surface area contributed by atoms with Gasteiger partial charge in [0.15, 0.2) is 6.10 Å². The van der Waals surface area contributed by atoms with Gasteiger partial charge in [0.25, 0.3) is 5.91 Å². The van der Waals surface area contributed by atoms with E-state index in [2.05, 4.69) is 36.5 Å². The lowest BCUT2D eigenvalue weighted by Crippen LogP contribution is -2.46. The van der Waals surface area contributed by atoms with E-state index >= 15 is 0 Å². The number of amides is 2. The predicted octanol–water partition coefficient (Wildman–Crippen LogP) is 4.72. The number of anilines is 1. The molecule has 0 bridgehead atoms.